The Balaban J connectivity index is 2.20. The molecular formula is C22H25BrClFN2O3. The van der Waals surface area contributed by atoms with Gasteiger partial charge in [-0.1, -0.05) is 53.5 Å². The van der Waals surface area contributed by atoms with E-state index in [1.165, 1.54) is 17.0 Å². The highest BCUT2D eigenvalue weighted by molar-refractivity contribution is 9.10. The monoisotopic (exact) mass is 498 g/mol. The molecule has 1 N–H and O–H groups in total. The lowest BCUT2D eigenvalue weighted by atomic mass is 10.1. The summed E-state index contributed by atoms with van der Waals surface area (Å²) in [7, 11) is 0. The van der Waals surface area contributed by atoms with Crippen LogP contribution in [-0.4, -0.2) is 35.9 Å². The summed E-state index contributed by atoms with van der Waals surface area (Å²) in [5, 5.41) is 3.21. The van der Waals surface area contributed by atoms with Gasteiger partial charge in [-0.15, -0.1) is 0 Å². The zero-order valence-corrected chi connectivity index (χ0v) is 19.3. The quantitative estimate of drug-likeness (QED) is 0.503. The molecule has 1 unspecified atom stereocenters. The molecule has 8 heteroatoms. The maximum atomic E-state index is 13.3. The van der Waals surface area contributed by atoms with Gasteiger partial charge in [-0.05, 0) is 48.7 Å². The molecule has 0 radical (unpaired) electrons. The number of amides is 2. The zero-order valence-electron chi connectivity index (χ0n) is 17.0. The van der Waals surface area contributed by atoms with Crippen molar-refractivity contribution in [3.63, 3.8) is 0 Å². The Bertz CT molecular complexity index is 864. The fraction of sp³-hybridized carbons (Fsp3) is 0.364. The van der Waals surface area contributed by atoms with Gasteiger partial charge >= 0.3 is 0 Å². The SMILES string of the molecule is CCCNC(=O)C(CC)N(Cc1ccc(F)cc1)C(=O)COc1ccc(Br)cc1Cl. The van der Waals surface area contributed by atoms with Crippen LogP contribution in [0, 0.1) is 5.82 Å². The lowest BCUT2D eigenvalue weighted by Gasteiger charge is -2.30. The van der Waals surface area contributed by atoms with Gasteiger partial charge in [0, 0.05) is 17.6 Å². The van der Waals surface area contributed by atoms with Gasteiger partial charge < -0.3 is 15.0 Å². The summed E-state index contributed by atoms with van der Waals surface area (Å²) in [5.74, 6) is -0.579. The van der Waals surface area contributed by atoms with Gasteiger partial charge in [0.2, 0.25) is 5.91 Å². The molecule has 0 aliphatic rings. The third kappa shape index (κ3) is 6.99. The van der Waals surface area contributed by atoms with E-state index < -0.39 is 6.04 Å². The standard InChI is InChI=1S/C22H25BrClFN2O3/c1-3-11-26-22(29)19(4-2)27(13-15-5-8-17(25)9-6-15)21(28)14-30-20-10-7-16(23)12-18(20)24/h5-10,12,19H,3-4,11,13-14H2,1-2H3,(H,26,29). The lowest BCUT2D eigenvalue weighted by Crippen LogP contribution is -2.50. The van der Waals surface area contributed by atoms with Crippen LogP contribution < -0.4 is 10.1 Å². The van der Waals surface area contributed by atoms with E-state index in [-0.39, 0.29) is 30.8 Å². The molecule has 0 spiro atoms. The van der Waals surface area contributed by atoms with Gasteiger partial charge in [0.1, 0.15) is 17.6 Å². The minimum Gasteiger partial charge on any atom is -0.482 e. The van der Waals surface area contributed by atoms with E-state index in [1.807, 2.05) is 13.8 Å². The minimum atomic E-state index is -0.668. The van der Waals surface area contributed by atoms with Gasteiger partial charge in [-0.25, -0.2) is 4.39 Å². The summed E-state index contributed by atoms with van der Waals surface area (Å²) < 4.78 is 19.7. The fourth-order valence-electron chi connectivity index (χ4n) is 2.89. The number of nitrogens with zero attached hydrogens (tertiary/aromatic N) is 1. The van der Waals surface area contributed by atoms with Crippen LogP contribution in [0.1, 0.15) is 32.3 Å². The highest BCUT2D eigenvalue weighted by atomic mass is 79.9. The van der Waals surface area contributed by atoms with Crippen molar-refractivity contribution < 1.29 is 18.7 Å². The van der Waals surface area contributed by atoms with Crippen molar-refractivity contribution in [2.24, 2.45) is 0 Å². The molecule has 1 atom stereocenters. The molecule has 162 valence electrons. The Labute approximate surface area is 189 Å². The number of benzene rings is 2. The second-order valence-electron chi connectivity index (χ2n) is 6.73. The summed E-state index contributed by atoms with van der Waals surface area (Å²) in [5.41, 5.74) is 0.716. The summed E-state index contributed by atoms with van der Waals surface area (Å²) in [6.45, 7) is 4.21. The van der Waals surface area contributed by atoms with Crippen LogP contribution in [0.15, 0.2) is 46.9 Å². The average Bonchev–Trinajstić information content (AvgIpc) is 2.72. The fourth-order valence-corrected chi connectivity index (χ4v) is 3.61. The van der Waals surface area contributed by atoms with Crippen molar-refractivity contribution >= 4 is 39.3 Å². The van der Waals surface area contributed by atoms with Crippen molar-refractivity contribution in [3.8, 4) is 5.75 Å². The van der Waals surface area contributed by atoms with Crippen molar-refractivity contribution in [1.29, 1.82) is 0 Å². The Morgan fingerprint density at radius 2 is 1.90 bits per heavy atom. The number of hydrogen-bond acceptors (Lipinski definition) is 3. The molecular weight excluding hydrogens is 475 g/mol. The highest BCUT2D eigenvalue weighted by Crippen LogP contribution is 2.27. The van der Waals surface area contributed by atoms with E-state index in [2.05, 4.69) is 21.2 Å². The molecule has 2 rings (SSSR count). The first-order chi connectivity index (χ1) is 14.3. The Morgan fingerprint density at radius 3 is 2.50 bits per heavy atom. The molecule has 2 amide bonds. The first kappa shape index (κ1) is 24.2. The topological polar surface area (TPSA) is 58.6 Å². The summed E-state index contributed by atoms with van der Waals surface area (Å²) in [6.07, 6.45) is 1.22. The minimum absolute atomic E-state index is 0.161. The number of rotatable bonds is 10. The number of carbonyl (C=O) groups is 2. The summed E-state index contributed by atoms with van der Waals surface area (Å²) in [4.78, 5) is 27.2. The molecule has 2 aromatic rings. The summed E-state index contributed by atoms with van der Waals surface area (Å²) in [6, 6.07) is 10.3. The van der Waals surface area contributed by atoms with Crippen LogP contribution >= 0.6 is 27.5 Å². The maximum Gasteiger partial charge on any atom is 0.261 e. The largest absolute Gasteiger partial charge is 0.482 e. The molecule has 0 aliphatic heterocycles. The highest BCUT2D eigenvalue weighted by Gasteiger charge is 2.28. The molecule has 5 nitrogen and oxygen atoms in total. The molecule has 30 heavy (non-hydrogen) atoms. The van der Waals surface area contributed by atoms with Crippen LogP contribution in [0.25, 0.3) is 0 Å². The van der Waals surface area contributed by atoms with Gasteiger partial charge in [0.05, 0.1) is 5.02 Å². The predicted octanol–water partition coefficient (Wildman–Crippen LogP) is 4.95. The van der Waals surface area contributed by atoms with Crippen molar-refractivity contribution in [2.75, 3.05) is 13.2 Å². The molecule has 0 saturated carbocycles. The first-order valence-electron chi connectivity index (χ1n) is 9.75. The van der Waals surface area contributed by atoms with Gasteiger partial charge in [-0.3, -0.25) is 9.59 Å². The second kappa shape index (κ2) is 11.9. The van der Waals surface area contributed by atoms with Crippen LogP contribution in [0.3, 0.4) is 0 Å². The molecule has 0 aromatic heterocycles. The third-order valence-corrected chi connectivity index (χ3v) is 5.24. The van der Waals surface area contributed by atoms with Gasteiger partial charge in [-0.2, -0.15) is 0 Å². The molecule has 0 fully saturated rings. The van der Waals surface area contributed by atoms with Crippen LogP contribution in [-0.2, 0) is 16.1 Å². The van der Waals surface area contributed by atoms with E-state index in [9.17, 15) is 14.0 Å². The predicted molar refractivity (Wildman–Crippen MR) is 119 cm³/mol. The van der Waals surface area contributed by atoms with Crippen molar-refractivity contribution in [1.82, 2.24) is 10.2 Å². The van der Waals surface area contributed by atoms with E-state index in [0.717, 1.165) is 10.9 Å². The van der Waals surface area contributed by atoms with Gasteiger partial charge in [0.25, 0.3) is 5.91 Å². The Hall–Kier alpha value is -2.12. The Morgan fingerprint density at radius 1 is 1.20 bits per heavy atom. The van der Waals surface area contributed by atoms with E-state index >= 15 is 0 Å². The number of nitrogens with one attached hydrogen (secondary N) is 1. The van der Waals surface area contributed by atoms with E-state index in [0.29, 0.717) is 29.3 Å². The van der Waals surface area contributed by atoms with Crippen molar-refractivity contribution in [2.45, 2.75) is 39.3 Å². The number of hydrogen-bond donors (Lipinski definition) is 1. The maximum absolute atomic E-state index is 13.3. The summed E-state index contributed by atoms with van der Waals surface area (Å²) >= 11 is 9.48. The van der Waals surface area contributed by atoms with Crippen LogP contribution in [0.5, 0.6) is 5.75 Å². The molecule has 2 aromatic carbocycles. The third-order valence-electron chi connectivity index (χ3n) is 4.45. The molecule has 0 heterocycles. The molecule has 0 aliphatic carbocycles. The van der Waals surface area contributed by atoms with Gasteiger partial charge in [0.15, 0.2) is 6.61 Å². The van der Waals surface area contributed by atoms with Crippen molar-refractivity contribution in [3.05, 3.63) is 63.3 Å². The second-order valence-corrected chi connectivity index (χ2v) is 8.05. The number of ether oxygens (including phenoxy) is 1. The Kier molecular flexibility index (Phi) is 9.59. The number of halogens is 3. The first-order valence-corrected chi connectivity index (χ1v) is 10.9. The van der Waals surface area contributed by atoms with E-state index in [1.54, 1.807) is 30.3 Å². The number of carbonyl (C=O) groups excluding carboxylic acids is 2. The lowest BCUT2D eigenvalue weighted by molar-refractivity contribution is -0.143. The molecule has 0 saturated heterocycles. The normalized spacial score (nSPS) is 11.6. The van der Waals surface area contributed by atoms with Crippen LogP contribution in [0.4, 0.5) is 4.39 Å². The van der Waals surface area contributed by atoms with E-state index in [4.69, 9.17) is 16.3 Å². The molecule has 0 bridgehead atoms. The van der Waals surface area contributed by atoms with Crippen LogP contribution in [0.2, 0.25) is 5.02 Å². The average molecular weight is 500 g/mol. The smallest absolute Gasteiger partial charge is 0.261 e. The zero-order chi connectivity index (χ0) is 22.1.